The van der Waals surface area contributed by atoms with Crippen LogP contribution in [0.15, 0.2) is 18.5 Å². The van der Waals surface area contributed by atoms with Crippen molar-refractivity contribution in [3.05, 3.63) is 41.5 Å². The number of pyridine rings is 1. The number of carbonyl (C=O) groups is 1. The first-order valence-corrected chi connectivity index (χ1v) is 7.88. The molecule has 2 heterocycles. The van der Waals surface area contributed by atoms with E-state index in [-0.39, 0.29) is 35.8 Å². The zero-order chi connectivity index (χ0) is 17.3. The molecule has 0 radical (unpaired) electrons. The van der Waals surface area contributed by atoms with Crippen LogP contribution in [0.1, 0.15) is 40.8 Å². The van der Waals surface area contributed by atoms with E-state index in [0.717, 1.165) is 37.2 Å². The van der Waals surface area contributed by atoms with Gasteiger partial charge in [0.15, 0.2) is 0 Å². The quantitative estimate of drug-likeness (QED) is 0.865. The van der Waals surface area contributed by atoms with Crippen molar-refractivity contribution < 1.29 is 9.18 Å². The topological polar surface area (TPSA) is 75.9 Å². The van der Waals surface area contributed by atoms with Crippen molar-refractivity contribution in [3.8, 4) is 0 Å². The standard InChI is InChI=1S/C16H21FN6O.ClH/c1-22(2)9-14-20-21-15(23(14)3)10-5-13(6-10)19-16(24)11-4-12(17)8-18-7-11;/h4,7-8,10,13H,5-6,9H2,1-3H3,(H,19,24);1H. The molecule has 1 aliphatic rings. The summed E-state index contributed by atoms with van der Waals surface area (Å²) in [6.45, 7) is 0.739. The van der Waals surface area contributed by atoms with Gasteiger partial charge in [-0.25, -0.2) is 4.39 Å². The first-order chi connectivity index (χ1) is 11.4. The molecule has 1 fully saturated rings. The molecular formula is C16H22ClFN6O. The van der Waals surface area contributed by atoms with Crippen LogP contribution >= 0.6 is 12.4 Å². The lowest BCUT2D eigenvalue weighted by Crippen LogP contribution is -2.44. The van der Waals surface area contributed by atoms with Gasteiger partial charge in [0.2, 0.25) is 0 Å². The third-order valence-corrected chi connectivity index (χ3v) is 4.26. The fourth-order valence-corrected chi connectivity index (χ4v) is 2.90. The van der Waals surface area contributed by atoms with Crippen molar-refractivity contribution in [2.24, 2.45) is 7.05 Å². The van der Waals surface area contributed by atoms with Gasteiger partial charge < -0.3 is 14.8 Å². The third kappa shape index (κ3) is 4.32. The first kappa shape index (κ1) is 19.3. The van der Waals surface area contributed by atoms with Gasteiger partial charge in [0.1, 0.15) is 17.5 Å². The van der Waals surface area contributed by atoms with Crippen molar-refractivity contribution in [1.82, 2.24) is 30.0 Å². The summed E-state index contributed by atoms with van der Waals surface area (Å²) in [5.41, 5.74) is 0.241. The van der Waals surface area contributed by atoms with Gasteiger partial charge in [-0.05, 0) is 33.0 Å². The van der Waals surface area contributed by atoms with Gasteiger partial charge in [-0.15, -0.1) is 22.6 Å². The number of hydrogen-bond acceptors (Lipinski definition) is 5. The van der Waals surface area contributed by atoms with E-state index < -0.39 is 5.82 Å². The molecule has 7 nitrogen and oxygen atoms in total. The van der Waals surface area contributed by atoms with Crippen LogP contribution in [0.4, 0.5) is 4.39 Å². The third-order valence-electron chi connectivity index (χ3n) is 4.26. The summed E-state index contributed by atoms with van der Waals surface area (Å²) in [6, 6.07) is 1.26. The lowest BCUT2D eigenvalue weighted by molar-refractivity contribution is 0.0906. The maximum atomic E-state index is 13.1. The SMILES string of the molecule is CN(C)Cc1nnc(C2CC(NC(=O)c3cncc(F)c3)C2)n1C.Cl. The molecule has 0 aliphatic heterocycles. The molecule has 1 N–H and O–H groups in total. The van der Waals surface area contributed by atoms with E-state index in [1.807, 2.05) is 30.6 Å². The smallest absolute Gasteiger partial charge is 0.253 e. The molecule has 2 aromatic rings. The van der Waals surface area contributed by atoms with E-state index >= 15 is 0 Å². The number of nitrogens with one attached hydrogen (secondary N) is 1. The number of halogens is 2. The van der Waals surface area contributed by atoms with E-state index in [1.165, 1.54) is 12.3 Å². The summed E-state index contributed by atoms with van der Waals surface area (Å²) in [5.74, 6) is 1.35. The number of amides is 1. The van der Waals surface area contributed by atoms with Gasteiger partial charge in [0.05, 0.1) is 18.3 Å². The van der Waals surface area contributed by atoms with Crippen LogP contribution in [0.25, 0.3) is 0 Å². The minimum atomic E-state index is -0.512. The fraction of sp³-hybridized carbons (Fsp3) is 0.500. The predicted octanol–water partition coefficient (Wildman–Crippen LogP) is 1.51. The highest BCUT2D eigenvalue weighted by atomic mass is 35.5. The summed E-state index contributed by atoms with van der Waals surface area (Å²) in [7, 11) is 5.95. The Kier molecular flexibility index (Phi) is 6.07. The zero-order valence-corrected chi connectivity index (χ0v) is 15.3. The van der Waals surface area contributed by atoms with E-state index in [1.54, 1.807) is 0 Å². The van der Waals surface area contributed by atoms with Crippen LogP contribution in [0.3, 0.4) is 0 Å². The normalized spacial score (nSPS) is 19.2. The average Bonchev–Trinajstić information content (AvgIpc) is 2.83. The lowest BCUT2D eigenvalue weighted by Gasteiger charge is -2.35. The molecule has 0 saturated heterocycles. The number of hydrogen-bond donors (Lipinski definition) is 1. The Labute approximate surface area is 152 Å². The summed E-state index contributed by atoms with van der Waals surface area (Å²) in [5, 5.41) is 11.4. The minimum Gasteiger partial charge on any atom is -0.349 e. The molecule has 9 heteroatoms. The second-order valence-electron chi connectivity index (χ2n) is 6.50. The van der Waals surface area contributed by atoms with E-state index in [4.69, 9.17) is 0 Å². The predicted molar refractivity (Wildman–Crippen MR) is 93.1 cm³/mol. The number of aromatic nitrogens is 4. The Bertz CT molecular complexity index is 744. The van der Waals surface area contributed by atoms with Crippen molar-refractivity contribution in [3.63, 3.8) is 0 Å². The Morgan fingerprint density at radius 3 is 2.72 bits per heavy atom. The monoisotopic (exact) mass is 368 g/mol. The molecule has 0 aromatic carbocycles. The molecule has 25 heavy (non-hydrogen) atoms. The number of nitrogens with zero attached hydrogens (tertiary/aromatic N) is 5. The van der Waals surface area contributed by atoms with Crippen LogP contribution in [0.2, 0.25) is 0 Å². The minimum absolute atomic E-state index is 0. The highest BCUT2D eigenvalue weighted by Crippen LogP contribution is 2.36. The Morgan fingerprint density at radius 2 is 2.08 bits per heavy atom. The van der Waals surface area contributed by atoms with Gasteiger partial charge in [-0.1, -0.05) is 0 Å². The summed E-state index contributed by atoms with van der Waals surface area (Å²) in [6.07, 6.45) is 4.06. The van der Waals surface area contributed by atoms with E-state index in [9.17, 15) is 9.18 Å². The molecule has 0 bridgehead atoms. The fourth-order valence-electron chi connectivity index (χ4n) is 2.90. The second-order valence-corrected chi connectivity index (χ2v) is 6.50. The van der Waals surface area contributed by atoms with Crippen molar-refractivity contribution in [1.29, 1.82) is 0 Å². The molecule has 2 aromatic heterocycles. The van der Waals surface area contributed by atoms with E-state index in [2.05, 4.69) is 20.5 Å². The van der Waals surface area contributed by atoms with Crippen LogP contribution in [-0.2, 0) is 13.6 Å². The summed E-state index contributed by atoms with van der Waals surface area (Å²) < 4.78 is 15.1. The Balaban J connectivity index is 0.00000225. The van der Waals surface area contributed by atoms with Gasteiger partial charge in [0, 0.05) is 25.2 Å². The molecular weight excluding hydrogens is 347 g/mol. The van der Waals surface area contributed by atoms with Gasteiger partial charge >= 0.3 is 0 Å². The maximum Gasteiger partial charge on any atom is 0.253 e. The molecule has 0 spiro atoms. The highest BCUT2D eigenvalue weighted by Gasteiger charge is 2.35. The van der Waals surface area contributed by atoms with Gasteiger partial charge in [-0.2, -0.15) is 0 Å². The van der Waals surface area contributed by atoms with Crippen molar-refractivity contribution in [2.75, 3.05) is 14.1 Å². The van der Waals surface area contributed by atoms with Crippen LogP contribution < -0.4 is 5.32 Å². The van der Waals surface area contributed by atoms with Crippen molar-refractivity contribution in [2.45, 2.75) is 31.3 Å². The second kappa shape index (κ2) is 7.88. The Morgan fingerprint density at radius 1 is 1.36 bits per heavy atom. The molecule has 1 aliphatic carbocycles. The van der Waals surface area contributed by atoms with Crippen molar-refractivity contribution >= 4 is 18.3 Å². The number of carbonyl (C=O) groups excluding carboxylic acids is 1. The maximum absolute atomic E-state index is 13.1. The number of rotatable bonds is 5. The molecule has 1 amide bonds. The zero-order valence-electron chi connectivity index (χ0n) is 14.4. The van der Waals surface area contributed by atoms with Gasteiger partial charge in [-0.3, -0.25) is 9.78 Å². The largest absolute Gasteiger partial charge is 0.349 e. The average molecular weight is 369 g/mol. The van der Waals surface area contributed by atoms with Gasteiger partial charge in [0.25, 0.3) is 5.91 Å². The molecule has 0 atom stereocenters. The lowest BCUT2D eigenvalue weighted by atomic mass is 9.79. The molecule has 0 unspecified atom stereocenters. The Hall–Kier alpha value is -2.06. The molecule has 3 rings (SSSR count). The summed E-state index contributed by atoms with van der Waals surface area (Å²) in [4.78, 5) is 17.8. The first-order valence-electron chi connectivity index (χ1n) is 7.88. The summed E-state index contributed by atoms with van der Waals surface area (Å²) >= 11 is 0. The molecule has 136 valence electrons. The molecule has 1 saturated carbocycles. The van der Waals surface area contributed by atoms with Crippen LogP contribution in [0, 0.1) is 5.82 Å². The van der Waals surface area contributed by atoms with Crippen LogP contribution in [0.5, 0.6) is 0 Å². The van der Waals surface area contributed by atoms with E-state index in [0.29, 0.717) is 0 Å². The van der Waals surface area contributed by atoms with Crippen LogP contribution in [-0.4, -0.2) is 50.7 Å². The highest BCUT2D eigenvalue weighted by molar-refractivity contribution is 5.94.